The van der Waals surface area contributed by atoms with Gasteiger partial charge in [-0.2, -0.15) is 0 Å². The van der Waals surface area contributed by atoms with Gasteiger partial charge in [0.05, 0.1) is 0 Å². The number of rotatable bonds is 5. The molecule has 3 aromatic rings. The van der Waals surface area contributed by atoms with Gasteiger partial charge in [-0.15, -0.1) is 0 Å². The molecule has 0 saturated carbocycles. The average molecular weight is 330 g/mol. The number of hydrogen-bond acceptors (Lipinski definition) is 4. The van der Waals surface area contributed by atoms with Crippen molar-refractivity contribution in [2.45, 2.75) is 6.61 Å². The Morgan fingerprint density at radius 2 is 2.04 bits per heavy atom. The Bertz CT molecular complexity index is 850. The van der Waals surface area contributed by atoms with Gasteiger partial charge in [-0.1, -0.05) is 6.07 Å². The summed E-state index contributed by atoms with van der Waals surface area (Å²) in [5, 5.41) is 2.57. The molecule has 24 heavy (non-hydrogen) atoms. The highest BCUT2D eigenvalue weighted by atomic mass is 19.1. The molecule has 0 fully saturated rings. The number of ether oxygens (including phenoxy) is 1. The topological polar surface area (TPSA) is 64.4 Å². The molecule has 122 valence electrons. The molecular weight excluding hydrogens is 318 g/mol. The highest BCUT2D eigenvalue weighted by Crippen LogP contribution is 2.20. The Hall–Kier alpha value is -3.22. The van der Waals surface area contributed by atoms with E-state index in [1.807, 2.05) is 0 Å². The van der Waals surface area contributed by atoms with Crippen LogP contribution in [0.25, 0.3) is 0 Å². The standard InChI is InChI=1S/C17H12F2N2O3/c18-11-4-6-14(13(19)9-11)23-10-12-5-7-15(24-12)17(22)21-16-3-1-2-8-20-16/h1-9H,10H2,(H,20,21,22). The number of carbonyl (C=O) groups excluding carboxylic acids is 1. The maximum atomic E-state index is 13.5. The fourth-order valence-electron chi connectivity index (χ4n) is 1.93. The van der Waals surface area contributed by atoms with Crippen molar-refractivity contribution in [2.24, 2.45) is 0 Å². The van der Waals surface area contributed by atoms with Crippen molar-refractivity contribution in [2.75, 3.05) is 5.32 Å². The van der Waals surface area contributed by atoms with Gasteiger partial charge in [0.15, 0.2) is 17.3 Å². The minimum absolute atomic E-state index is 0.0684. The van der Waals surface area contributed by atoms with Crippen LogP contribution in [0.3, 0.4) is 0 Å². The second kappa shape index (κ2) is 6.91. The first kappa shape index (κ1) is 15.7. The van der Waals surface area contributed by atoms with E-state index in [4.69, 9.17) is 9.15 Å². The van der Waals surface area contributed by atoms with E-state index in [1.165, 1.54) is 18.2 Å². The second-order valence-corrected chi connectivity index (χ2v) is 4.80. The third-order valence-corrected chi connectivity index (χ3v) is 3.06. The first-order chi connectivity index (χ1) is 11.6. The average Bonchev–Trinajstić information content (AvgIpc) is 3.04. The number of furan rings is 1. The third-order valence-electron chi connectivity index (χ3n) is 3.06. The largest absolute Gasteiger partial charge is 0.483 e. The van der Waals surface area contributed by atoms with Gasteiger partial charge >= 0.3 is 0 Å². The summed E-state index contributed by atoms with van der Waals surface area (Å²) in [6.07, 6.45) is 1.55. The maximum absolute atomic E-state index is 13.5. The van der Waals surface area contributed by atoms with Gasteiger partial charge in [-0.3, -0.25) is 4.79 Å². The molecule has 3 rings (SSSR count). The van der Waals surface area contributed by atoms with Gasteiger partial charge in [0.25, 0.3) is 5.91 Å². The number of anilines is 1. The number of nitrogens with one attached hydrogen (secondary N) is 1. The van der Waals surface area contributed by atoms with Gasteiger partial charge in [-0.25, -0.2) is 13.8 Å². The van der Waals surface area contributed by atoms with Crippen molar-refractivity contribution in [3.8, 4) is 5.75 Å². The van der Waals surface area contributed by atoms with E-state index in [9.17, 15) is 13.6 Å². The molecule has 1 amide bonds. The van der Waals surface area contributed by atoms with Crippen molar-refractivity contribution in [1.82, 2.24) is 4.98 Å². The van der Waals surface area contributed by atoms with Crippen LogP contribution in [0, 0.1) is 11.6 Å². The minimum atomic E-state index is -0.810. The zero-order chi connectivity index (χ0) is 16.9. The molecular formula is C17H12F2N2O3. The lowest BCUT2D eigenvalue weighted by atomic mass is 10.3. The molecule has 0 atom stereocenters. The first-order valence-corrected chi connectivity index (χ1v) is 7.01. The molecule has 5 nitrogen and oxygen atoms in total. The van der Waals surface area contributed by atoms with E-state index in [0.29, 0.717) is 11.6 Å². The molecule has 0 aliphatic carbocycles. The van der Waals surface area contributed by atoms with Crippen molar-refractivity contribution in [3.63, 3.8) is 0 Å². The normalized spacial score (nSPS) is 10.4. The molecule has 0 unspecified atom stereocenters. The quantitative estimate of drug-likeness (QED) is 0.773. The zero-order valence-electron chi connectivity index (χ0n) is 12.3. The van der Waals surface area contributed by atoms with Gasteiger partial charge < -0.3 is 14.5 Å². The molecule has 1 N–H and O–H groups in total. The lowest BCUT2D eigenvalue weighted by Gasteiger charge is -2.05. The van der Waals surface area contributed by atoms with Crippen LogP contribution in [0.2, 0.25) is 0 Å². The zero-order valence-corrected chi connectivity index (χ0v) is 12.3. The smallest absolute Gasteiger partial charge is 0.292 e. The van der Waals surface area contributed by atoms with Crippen LogP contribution < -0.4 is 10.1 Å². The Morgan fingerprint density at radius 1 is 1.17 bits per heavy atom. The number of amides is 1. The lowest BCUT2D eigenvalue weighted by molar-refractivity contribution is 0.0992. The van der Waals surface area contributed by atoms with Crippen LogP contribution in [0.15, 0.2) is 59.1 Å². The van der Waals surface area contributed by atoms with Gasteiger partial charge in [0, 0.05) is 12.3 Å². The van der Waals surface area contributed by atoms with Crippen LogP contribution in [0.5, 0.6) is 5.75 Å². The summed E-state index contributed by atoms with van der Waals surface area (Å²) in [7, 11) is 0. The Morgan fingerprint density at radius 3 is 2.79 bits per heavy atom. The molecule has 7 heteroatoms. The molecule has 0 radical (unpaired) electrons. The molecule has 0 saturated heterocycles. The van der Waals surface area contributed by atoms with Crippen LogP contribution in [-0.2, 0) is 6.61 Å². The molecule has 0 aliphatic heterocycles. The molecule has 0 bridgehead atoms. The molecule has 1 aromatic carbocycles. The fraction of sp³-hybridized carbons (Fsp3) is 0.0588. The minimum Gasteiger partial charge on any atom is -0.483 e. The summed E-state index contributed by atoms with van der Waals surface area (Å²) in [5.41, 5.74) is 0. The van der Waals surface area contributed by atoms with E-state index in [1.54, 1.807) is 24.4 Å². The summed E-state index contributed by atoms with van der Waals surface area (Å²) >= 11 is 0. The number of halogens is 2. The molecule has 0 aliphatic rings. The fourth-order valence-corrected chi connectivity index (χ4v) is 1.93. The lowest BCUT2D eigenvalue weighted by Crippen LogP contribution is -2.11. The highest BCUT2D eigenvalue weighted by Gasteiger charge is 2.13. The third kappa shape index (κ3) is 3.75. The van der Waals surface area contributed by atoms with Crippen molar-refractivity contribution in [1.29, 1.82) is 0 Å². The molecule has 0 spiro atoms. The van der Waals surface area contributed by atoms with Crippen LogP contribution in [0.1, 0.15) is 16.3 Å². The number of carbonyl (C=O) groups is 1. The summed E-state index contributed by atoms with van der Waals surface area (Å²) in [6.45, 7) is -0.0978. The summed E-state index contributed by atoms with van der Waals surface area (Å²) in [4.78, 5) is 16.0. The Labute approximate surface area is 135 Å². The van der Waals surface area contributed by atoms with E-state index in [-0.39, 0.29) is 18.1 Å². The van der Waals surface area contributed by atoms with Crippen molar-refractivity contribution in [3.05, 3.63) is 77.9 Å². The van der Waals surface area contributed by atoms with E-state index in [2.05, 4.69) is 10.3 Å². The summed E-state index contributed by atoms with van der Waals surface area (Å²) < 4.78 is 36.8. The highest BCUT2D eigenvalue weighted by molar-refractivity contribution is 6.01. The van der Waals surface area contributed by atoms with E-state index >= 15 is 0 Å². The number of hydrogen-bond donors (Lipinski definition) is 1. The molecule has 2 heterocycles. The Kier molecular flexibility index (Phi) is 4.51. The predicted molar refractivity (Wildman–Crippen MR) is 81.6 cm³/mol. The predicted octanol–water partition coefficient (Wildman–Crippen LogP) is 3.78. The van der Waals surface area contributed by atoms with E-state index < -0.39 is 17.5 Å². The van der Waals surface area contributed by atoms with Crippen LogP contribution in [-0.4, -0.2) is 10.9 Å². The number of nitrogens with zero attached hydrogens (tertiary/aromatic N) is 1. The van der Waals surface area contributed by atoms with Gasteiger partial charge in [-0.05, 0) is 36.4 Å². The van der Waals surface area contributed by atoms with Crippen LogP contribution in [0.4, 0.5) is 14.6 Å². The Balaban J connectivity index is 1.62. The first-order valence-electron chi connectivity index (χ1n) is 7.01. The monoisotopic (exact) mass is 330 g/mol. The number of aromatic nitrogens is 1. The summed E-state index contributed by atoms with van der Waals surface area (Å²) in [6, 6.07) is 11.1. The van der Waals surface area contributed by atoms with Crippen molar-refractivity contribution < 1.29 is 22.7 Å². The SMILES string of the molecule is O=C(Nc1ccccn1)c1ccc(COc2ccc(F)cc2F)o1. The van der Waals surface area contributed by atoms with E-state index in [0.717, 1.165) is 12.1 Å². The van der Waals surface area contributed by atoms with Crippen molar-refractivity contribution >= 4 is 11.7 Å². The maximum Gasteiger partial charge on any atom is 0.292 e. The van der Waals surface area contributed by atoms with Gasteiger partial charge in [0.1, 0.15) is 24.0 Å². The second-order valence-electron chi connectivity index (χ2n) is 4.80. The van der Waals surface area contributed by atoms with Gasteiger partial charge in [0.2, 0.25) is 0 Å². The number of pyridine rings is 1. The molecule has 2 aromatic heterocycles. The number of benzene rings is 1. The van der Waals surface area contributed by atoms with Crippen LogP contribution >= 0.6 is 0 Å². The summed E-state index contributed by atoms with van der Waals surface area (Å²) in [5.74, 6) is -1.28.